The van der Waals surface area contributed by atoms with Gasteiger partial charge in [-0.15, -0.1) is 0 Å². The highest BCUT2D eigenvalue weighted by molar-refractivity contribution is 8.05. The van der Waals surface area contributed by atoms with Crippen molar-refractivity contribution in [2.45, 2.75) is 18.6 Å². The van der Waals surface area contributed by atoms with E-state index in [0.29, 0.717) is 22.2 Å². The molecule has 2 aromatic rings. The number of likely N-dealkylation sites (N-methyl/N-ethyl adjacent to an activating group) is 1. The van der Waals surface area contributed by atoms with Gasteiger partial charge in [0.2, 0.25) is 5.91 Å². The van der Waals surface area contributed by atoms with Crippen LogP contribution in [0, 0.1) is 18.3 Å². The van der Waals surface area contributed by atoms with Gasteiger partial charge in [0, 0.05) is 17.8 Å². The lowest BCUT2D eigenvalue weighted by atomic mass is 10.0. The minimum atomic E-state index is -0.520. The van der Waals surface area contributed by atoms with Gasteiger partial charge in [0.05, 0.1) is 5.25 Å². The molecule has 1 N–H and O–H groups in total. The molecule has 28 heavy (non-hydrogen) atoms. The van der Waals surface area contributed by atoms with E-state index in [0.717, 1.165) is 11.1 Å². The number of halogens is 1. The molecule has 0 aliphatic carbocycles. The number of benzene rings is 2. The average molecular weight is 412 g/mol. The number of carbonyl (C=O) groups is 2. The van der Waals surface area contributed by atoms with E-state index in [9.17, 15) is 14.9 Å². The van der Waals surface area contributed by atoms with E-state index < -0.39 is 11.2 Å². The van der Waals surface area contributed by atoms with Gasteiger partial charge < -0.3 is 5.32 Å². The maximum absolute atomic E-state index is 13.2. The van der Waals surface area contributed by atoms with Crippen LogP contribution in [0.3, 0.4) is 0 Å². The summed E-state index contributed by atoms with van der Waals surface area (Å²) >= 11 is 7.22. The van der Waals surface area contributed by atoms with E-state index in [1.807, 2.05) is 37.3 Å². The molecule has 1 heterocycles. The standard InChI is InChI=1S/C21H18ClN3O2S/c1-13-5-3-4-6-14(13)11-18-20(27)25(16-9-7-15(22)8-10-16)21(28-18)17(12-23)19(26)24-2/h3-10,18H,11H2,1-2H3,(H,24,26)/b21-17+/t18-/m1/s1. The van der Waals surface area contributed by atoms with Gasteiger partial charge in [-0.25, -0.2) is 0 Å². The van der Waals surface area contributed by atoms with Crippen molar-refractivity contribution in [3.05, 3.63) is 75.3 Å². The molecule has 7 heteroatoms. The number of nitrogens with one attached hydrogen (secondary N) is 1. The molecule has 1 aliphatic heterocycles. The number of nitrogens with zero attached hydrogens (tertiary/aromatic N) is 2. The van der Waals surface area contributed by atoms with Gasteiger partial charge in [0.1, 0.15) is 16.7 Å². The molecule has 142 valence electrons. The van der Waals surface area contributed by atoms with Crippen molar-refractivity contribution in [1.29, 1.82) is 5.26 Å². The number of hydrogen-bond acceptors (Lipinski definition) is 4. The zero-order chi connectivity index (χ0) is 20.3. The quantitative estimate of drug-likeness (QED) is 0.613. The second-order valence-electron chi connectivity index (χ2n) is 6.26. The van der Waals surface area contributed by atoms with Crippen molar-refractivity contribution in [3.8, 4) is 6.07 Å². The molecular weight excluding hydrogens is 394 g/mol. The van der Waals surface area contributed by atoms with Crippen LogP contribution in [0.5, 0.6) is 0 Å². The minimum absolute atomic E-state index is 0.0805. The molecule has 3 rings (SSSR count). The van der Waals surface area contributed by atoms with Crippen LogP contribution >= 0.6 is 23.4 Å². The number of rotatable bonds is 4. The van der Waals surface area contributed by atoms with Crippen molar-refractivity contribution in [3.63, 3.8) is 0 Å². The summed E-state index contributed by atoms with van der Waals surface area (Å²) < 4.78 is 0. The van der Waals surface area contributed by atoms with Crippen molar-refractivity contribution < 1.29 is 9.59 Å². The molecule has 1 aliphatic rings. The number of hydrogen-bond donors (Lipinski definition) is 1. The molecule has 0 unspecified atom stereocenters. The third-order valence-corrected chi connectivity index (χ3v) is 6.00. The molecule has 0 saturated carbocycles. The van der Waals surface area contributed by atoms with E-state index in [1.54, 1.807) is 24.3 Å². The molecule has 1 atom stereocenters. The van der Waals surface area contributed by atoms with Crippen LogP contribution in [0.15, 0.2) is 59.1 Å². The second kappa shape index (κ2) is 8.51. The second-order valence-corrected chi connectivity index (χ2v) is 7.89. The summed E-state index contributed by atoms with van der Waals surface area (Å²) in [4.78, 5) is 26.9. The molecule has 0 aromatic heterocycles. The summed E-state index contributed by atoms with van der Waals surface area (Å²) in [6, 6.07) is 16.6. The van der Waals surface area contributed by atoms with Gasteiger partial charge in [-0.2, -0.15) is 5.26 Å². The first-order valence-corrected chi connectivity index (χ1v) is 9.89. The Morgan fingerprint density at radius 3 is 2.54 bits per heavy atom. The normalized spacial score (nSPS) is 18.0. The zero-order valence-electron chi connectivity index (χ0n) is 15.4. The molecule has 1 fully saturated rings. The number of nitriles is 1. The monoisotopic (exact) mass is 411 g/mol. The van der Waals surface area contributed by atoms with Gasteiger partial charge >= 0.3 is 0 Å². The average Bonchev–Trinajstić information content (AvgIpc) is 3.01. The third-order valence-electron chi connectivity index (χ3n) is 4.48. The Bertz CT molecular complexity index is 995. The van der Waals surface area contributed by atoms with Crippen LogP contribution in [-0.4, -0.2) is 24.1 Å². The predicted octanol–water partition coefficient (Wildman–Crippen LogP) is 3.82. The first-order valence-electron chi connectivity index (χ1n) is 8.63. The maximum atomic E-state index is 13.2. The fourth-order valence-corrected chi connectivity index (χ4v) is 4.40. The first-order chi connectivity index (χ1) is 13.5. The van der Waals surface area contributed by atoms with Crippen LogP contribution in [0.2, 0.25) is 5.02 Å². The Kier molecular flexibility index (Phi) is 6.08. The van der Waals surface area contributed by atoms with Gasteiger partial charge in [0.25, 0.3) is 5.91 Å². The van der Waals surface area contributed by atoms with E-state index in [-0.39, 0.29) is 11.5 Å². The predicted molar refractivity (Wildman–Crippen MR) is 112 cm³/mol. The van der Waals surface area contributed by atoms with Gasteiger partial charge in [-0.3, -0.25) is 14.5 Å². The molecular formula is C21H18ClN3O2S. The Hall–Kier alpha value is -2.75. The summed E-state index contributed by atoms with van der Waals surface area (Å²) in [6.45, 7) is 2.00. The first kappa shape index (κ1) is 20.0. The molecule has 2 amide bonds. The van der Waals surface area contributed by atoms with Crippen molar-refractivity contribution in [2.24, 2.45) is 0 Å². The lowest BCUT2D eigenvalue weighted by molar-refractivity contribution is -0.117. The van der Waals surface area contributed by atoms with Crippen molar-refractivity contribution in [1.82, 2.24) is 5.32 Å². The Morgan fingerprint density at radius 1 is 1.25 bits per heavy atom. The number of carbonyl (C=O) groups excluding carboxylic acids is 2. The fourth-order valence-electron chi connectivity index (χ4n) is 2.98. The van der Waals surface area contributed by atoms with E-state index in [4.69, 9.17) is 11.6 Å². The molecule has 1 saturated heterocycles. The Morgan fingerprint density at radius 2 is 1.93 bits per heavy atom. The van der Waals surface area contributed by atoms with Crippen LogP contribution in [-0.2, 0) is 16.0 Å². The molecule has 5 nitrogen and oxygen atoms in total. The zero-order valence-corrected chi connectivity index (χ0v) is 17.0. The number of anilines is 1. The Balaban J connectivity index is 2.06. The number of amides is 2. The molecule has 0 bridgehead atoms. The summed E-state index contributed by atoms with van der Waals surface area (Å²) in [5.74, 6) is -0.685. The van der Waals surface area contributed by atoms with Gasteiger partial charge in [-0.1, -0.05) is 47.6 Å². The molecule has 2 aromatic carbocycles. The van der Waals surface area contributed by atoms with Crippen LogP contribution in [0.25, 0.3) is 0 Å². The lowest BCUT2D eigenvalue weighted by Gasteiger charge is -2.18. The SMILES string of the molecule is CNC(=O)/C(C#N)=C1/S[C@H](Cc2ccccc2C)C(=O)N1c1ccc(Cl)cc1. The van der Waals surface area contributed by atoms with E-state index >= 15 is 0 Å². The number of aryl methyl sites for hydroxylation is 1. The highest BCUT2D eigenvalue weighted by Crippen LogP contribution is 2.42. The number of thioether (sulfide) groups is 1. The summed E-state index contributed by atoms with van der Waals surface area (Å²) in [5, 5.41) is 12.5. The van der Waals surface area contributed by atoms with Crippen LogP contribution in [0.4, 0.5) is 5.69 Å². The van der Waals surface area contributed by atoms with Crippen molar-refractivity contribution in [2.75, 3.05) is 11.9 Å². The largest absolute Gasteiger partial charge is 0.354 e. The summed E-state index contributed by atoms with van der Waals surface area (Å²) in [6.07, 6.45) is 0.510. The van der Waals surface area contributed by atoms with Crippen LogP contribution in [0.1, 0.15) is 11.1 Å². The Labute approximate surface area is 173 Å². The van der Waals surface area contributed by atoms with Crippen molar-refractivity contribution >= 4 is 40.9 Å². The third kappa shape index (κ3) is 3.91. The fraction of sp³-hybridized carbons (Fsp3) is 0.190. The van der Waals surface area contributed by atoms with Gasteiger partial charge in [0.15, 0.2) is 0 Å². The summed E-state index contributed by atoms with van der Waals surface area (Å²) in [5.41, 5.74) is 2.64. The van der Waals surface area contributed by atoms with E-state index in [2.05, 4.69) is 5.32 Å². The minimum Gasteiger partial charge on any atom is -0.354 e. The van der Waals surface area contributed by atoms with E-state index in [1.165, 1.54) is 23.7 Å². The highest BCUT2D eigenvalue weighted by Gasteiger charge is 2.40. The molecule has 0 radical (unpaired) electrons. The topological polar surface area (TPSA) is 73.2 Å². The summed E-state index contributed by atoms with van der Waals surface area (Å²) in [7, 11) is 1.46. The van der Waals surface area contributed by atoms with Gasteiger partial charge in [-0.05, 0) is 48.7 Å². The maximum Gasteiger partial charge on any atom is 0.264 e. The highest BCUT2D eigenvalue weighted by atomic mass is 35.5. The van der Waals surface area contributed by atoms with Crippen LogP contribution < -0.4 is 10.2 Å². The smallest absolute Gasteiger partial charge is 0.264 e. The lowest BCUT2D eigenvalue weighted by Crippen LogP contribution is -2.31. The molecule has 0 spiro atoms.